The first-order valence-electron chi connectivity index (χ1n) is 6.58. The van der Waals surface area contributed by atoms with Gasteiger partial charge >= 0.3 is 0 Å². The Morgan fingerprint density at radius 1 is 1.35 bits per heavy atom. The van der Waals surface area contributed by atoms with Crippen molar-refractivity contribution >= 4 is 11.6 Å². The number of rotatable bonds is 5. The Morgan fingerprint density at radius 2 is 2.05 bits per heavy atom. The van der Waals surface area contributed by atoms with Gasteiger partial charge in [0.25, 0.3) is 0 Å². The fourth-order valence-corrected chi connectivity index (χ4v) is 2.04. The Balaban J connectivity index is 2.16. The number of nitrogens with two attached hydrogens (primary N) is 1. The van der Waals surface area contributed by atoms with E-state index in [4.69, 9.17) is 5.73 Å². The van der Waals surface area contributed by atoms with Crippen molar-refractivity contribution in [3.8, 4) is 0 Å². The van der Waals surface area contributed by atoms with Gasteiger partial charge in [-0.15, -0.1) is 5.10 Å². The normalized spacial score (nSPS) is 10.8. The Labute approximate surface area is 118 Å². The molecule has 6 nitrogen and oxygen atoms in total. The molecule has 0 saturated carbocycles. The molecule has 1 aromatic carbocycles. The molecule has 1 amide bonds. The maximum atomic E-state index is 12.5. The maximum Gasteiger partial charge on any atom is 0.249 e. The number of anilines is 1. The van der Waals surface area contributed by atoms with Crippen LogP contribution in [0.1, 0.15) is 19.5 Å². The number of hydrogen-bond acceptors (Lipinski definition) is 4. The van der Waals surface area contributed by atoms with E-state index in [2.05, 4.69) is 10.3 Å². The molecule has 2 N–H and O–H groups in total. The summed E-state index contributed by atoms with van der Waals surface area (Å²) in [6, 6.07) is 9.68. The Bertz CT molecular complexity index is 564. The Kier molecular flexibility index (Phi) is 4.47. The van der Waals surface area contributed by atoms with E-state index in [1.807, 2.05) is 44.2 Å². The number of nitrogens with zero attached hydrogens (tertiary/aromatic N) is 4. The van der Waals surface area contributed by atoms with Crippen LogP contribution in [-0.4, -0.2) is 26.9 Å². The molecule has 0 radical (unpaired) electrons. The van der Waals surface area contributed by atoms with Gasteiger partial charge in [0.1, 0.15) is 6.54 Å². The van der Waals surface area contributed by atoms with Crippen molar-refractivity contribution in [3.05, 3.63) is 42.2 Å². The highest BCUT2D eigenvalue weighted by Gasteiger charge is 2.19. The van der Waals surface area contributed by atoms with Gasteiger partial charge in [0.2, 0.25) is 5.91 Å². The highest BCUT2D eigenvalue weighted by Crippen LogP contribution is 2.17. The number of carbonyl (C=O) groups excluding carboxylic acids is 1. The van der Waals surface area contributed by atoms with Crippen LogP contribution in [0.15, 0.2) is 36.5 Å². The minimum Gasteiger partial charge on any atom is -0.325 e. The van der Waals surface area contributed by atoms with Crippen LogP contribution >= 0.6 is 0 Å². The van der Waals surface area contributed by atoms with E-state index in [9.17, 15) is 4.79 Å². The highest BCUT2D eigenvalue weighted by atomic mass is 16.2. The molecule has 106 valence electrons. The van der Waals surface area contributed by atoms with Gasteiger partial charge in [0.15, 0.2) is 0 Å². The van der Waals surface area contributed by atoms with Crippen LogP contribution < -0.4 is 10.6 Å². The zero-order valence-electron chi connectivity index (χ0n) is 11.7. The highest BCUT2D eigenvalue weighted by molar-refractivity contribution is 5.93. The van der Waals surface area contributed by atoms with Crippen molar-refractivity contribution in [3.63, 3.8) is 0 Å². The van der Waals surface area contributed by atoms with Crippen LogP contribution in [0, 0.1) is 0 Å². The molecule has 6 heteroatoms. The summed E-state index contributed by atoms with van der Waals surface area (Å²) in [4.78, 5) is 14.2. The maximum absolute atomic E-state index is 12.5. The first kappa shape index (κ1) is 14.2. The lowest BCUT2D eigenvalue weighted by Crippen LogP contribution is -2.39. The van der Waals surface area contributed by atoms with Crippen LogP contribution in [0.3, 0.4) is 0 Å². The second kappa shape index (κ2) is 6.29. The second-order valence-electron chi connectivity index (χ2n) is 4.80. The lowest BCUT2D eigenvalue weighted by atomic mass is 10.2. The molecule has 0 aliphatic heterocycles. The van der Waals surface area contributed by atoms with E-state index >= 15 is 0 Å². The minimum atomic E-state index is -0.0281. The van der Waals surface area contributed by atoms with Crippen LogP contribution in [0.4, 0.5) is 5.69 Å². The van der Waals surface area contributed by atoms with E-state index in [0.717, 1.165) is 5.69 Å². The number of aromatic nitrogens is 3. The smallest absolute Gasteiger partial charge is 0.249 e. The first-order valence-corrected chi connectivity index (χ1v) is 6.58. The Morgan fingerprint density at radius 3 is 2.60 bits per heavy atom. The molecule has 0 aliphatic rings. The summed E-state index contributed by atoms with van der Waals surface area (Å²) in [6.45, 7) is 4.44. The average molecular weight is 273 g/mol. The number of benzene rings is 1. The molecule has 0 spiro atoms. The summed E-state index contributed by atoms with van der Waals surface area (Å²) in [5, 5.41) is 7.78. The standard InChI is InChI=1S/C14H19N5O/c1-11(2)19(13-6-4-3-5-7-13)14(20)10-18-9-12(8-15)16-17-18/h3-7,9,11H,8,10,15H2,1-2H3. The van der Waals surface area contributed by atoms with E-state index in [1.165, 1.54) is 4.68 Å². The molecule has 0 aliphatic carbocycles. The van der Waals surface area contributed by atoms with E-state index in [0.29, 0.717) is 12.2 Å². The quantitative estimate of drug-likeness (QED) is 0.887. The van der Waals surface area contributed by atoms with E-state index in [1.54, 1.807) is 11.1 Å². The molecule has 1 heterocycles. The van der Waals surface area contributed by atoms with Crippen LogP contribution in [0.25, 0.3) is 0 Å². The van der Waals surface area contributed by atoms with Gasteiger partial charge in [0.05, 0.1) is 11.9 Å². The molecule has 1 aromatic heterocycles. The van der Waals surface area contributed by atoms with Crippen molar-refractivity contribution in [1.29, 1.82) is 0 Å². The van der Waals surface area contributed by atoms with Crippen molar-refractivity contribution in [1.82, 2.24) is 15.0 Å². The molecule has 0 fully saturated rings. The SMILES string of the molecule is CC(C)N(C(=O)Cn1cc(CN)nn1)c1ccccc1. The molecule has 0 saturated heterocycles. The third kappa shape index (κ3) is 3.21. The van der Waals surface area contributed by atoms with Crippen molar-refractivity contribution in [2.75, 3.05) is 4.90 Å². The predicted octanol–water partition coefficient (Wildman–Crippen LogP) is 1.18. The van der Waals surface area contributed by atoms with Gasteiger partial charge in [-0.25, -0.2) is 4.68 Å². The van der Waals surface area contributed by atoms with Gasteiger partial charge in [-0.1, -0.05) is 23.4 Å². The second-order valence-corrected chi connectivity index (χ2v) is 4.80. The minimum absolute atomic E-state index is 0.0281. The largest absolute Gasteiger partial charge is 0.325 e. The van der Waals surface area contributed by atoms with Gasteiger partial charge in [-0.2, -0.15) is 0 Å². The fourth-order valence-electron chi connectivity index (χ4n) is 2.04. The van der Waals surface area contributed by atoms with E-state index in [-0.39, 0.29) is 18.5 Å². The number of carbonyl (C=O) groups is 1. The molecule has 2 aromatic rings. The zero-order valence-corrected chi connectivity index (χ0v) is 11.7. The van der Waals surface area contributed by atoms with Gasteiger partial charge < -0.3 is 10.6 Å². The predicted molar refractivity (Wildman–Crippen MR) is 77.0 cm³/mol. The van der Waals surface area contributed by atoms with E-state index < -0.39 is 0 Å². The van der Waals surface area contributed by atoms with Crippen molar-refractivity contribution < 1.29 is 4.79 Å². The van der Waals surface area contributed by atoms with Crippen molar-refractivity contribution in [2.24, 2.45) is 5.73 Å². The topological polar surface area (TPSA) is 77.0 Å². The summed E-state index contributed by atoms with van der Waals surface area (Å²) in [7, 11) is 0. The molecule has 2 rings (SSSR count). The molecule has 0 bridgehead atoms. The zero-order chi connectivity index (χ0) is 14.5. The molecule has 0 atom stereocenters. The van der Waals surface area contributed by atoms with Gasteiger partial charge in [-0.3, -0.25) is 4.79 Å². The summed E-state index contributed by atoms with van der Waals surface area (Å²) in [6.07, 6.45) is 1.70. The van der Waals surface area contributed by atoms with Gasteiger partial charge in [0, 0.05) is 18.3 Å². The molecular weight excluding hydrogens is 254 g/mol. The summed E-state index contributed by atoms with van der Waals surface area (Å²) in [5.41, 5.74) is 7.04. The summed E-state index contributed by atoms with van der Waals surface area (Å²) in [5.74, 6) is -0.0281. The third-order valence-corrected chi connectivity index (χ3v) is 2.91. The molecule has 20 heavy (non-hydrogen) atoms. The van der Waals surface area contributed by atoms with Crippen LogP contribution in [-0.2, 0) is 17.9 Å². The number of para-hydroxylation sites is 1. The first-order chi connectivity index (χ1) is 9.61. The van der Waals surface area contributed by atoms with Gasteiger partial charge in [-0.05, 0) is 26.0 Å². The van der Waals surface area contributed by atoms with Crippen molar-refractivity contribution in [2.45, 2.75) is 33.0 Å². The average Bonchev–Trinajstić information content (AvgIpc) is 2.87. The van der Waals surface area contributed by atoms with Crippen LogP contribution in [0.2, 0.25) is 0 Å². The summed E-state index contributed by atoms with van der Waals surface area (Å²) >= 11 is 0. The summed E-state index contributed by atoms with van der Waals surface area (Å²) < 4.78 is 1.52. The Hall–Kier alpha value is -2.21. The lowest BCUT2D eigenvalue weighted by molar-refractivity contribution is -0.119. The molecule has 0 unspecified atom stereocenters. The fraction of sp³-hybridized carbons (Fsp3) is 0.357. The molecular formula is C14H19N5O. The monoisotopic (exact) mass is 273 g/mol. The lowest BCUT2D eigenvalue weighted by Gasteiger charge is -2.26. The third-order valence-electron chi connectivity index (χ3n) is 2.91. The van der Waals surface area contributed by atoms with Crippen LogP contribution in [0.5, 0.6) is 0 Å². The number of hydrogen-bond donors (Lipinski definition) is 1. The number of amides is 1.